The summed E-state index contributed by atoms with van der Waals surface area (Å²) >= 11 is 0. The molecule has 2 bridgehead atoms. The van der Waals surface area contributed by atoms with E-state index in [1.807, 2.05) is 0 Å². The highest BCUT2D eigenvalue weighted by Gasteiger charge is 2.38. The van der Waals surface area contributed by atoms with Gasteiger partial charge in [-0.05, 0) is 61.8 Å². The molecule has 2 saturated carbocycles. The van der Waals surface area contributed by atoms with Crippen LogP contribution in [0, 0.1) is 17.8 Å². The molecule has 4 heteroatoms. The molecule has 1 aromatic carbocycles. The summed E-state index contributed by atoms with van der Waals surface area (Å²) < 4.78 is 5.60. The molecule has 21 heavy (non-hydrogen) atoms. The molecule has 0 aromatic heterocycles. The second-order valence-corrected chi connectivity index (χ2v) is 6.32. The zero-order valence-electron chi connectivity index (χ0n) is 12.3. The number of nitrogens with one attached hydrogen (secondary N) is 1. The van der Waals surface area contributed by atoms with E-state index in [4.69, 9.17) is 9.84 Å². The molecule has 0 radical (unpaired) electrons. The smallest absolute Gasteiger partial charge is 0.335 e. The number of carboxylic acid groups (broad SMARTS) is 1. The van der Waals surface area contributed by atoms with Gasteiger partial charge < -0.3 is 15.2 Å². The number of hydrogen-bond acceptors (Lipinski definition) is 3. The van der Waals surface area contributed by atoms with Gasteiger partial charge in [-0.3, -0.25) is 0 Å². The first-order valence-corrected chi connectivity index (χ1v) is 7.89. The van der Waals surface area contributed by atoms with Crippen LogP contribution in [-0.2, 0) is 0 Å². The van der Waals surface area contributed by atoms with Crippen LogP contribution in [0.3, 0.4) is 0 Å². The summed E-state index contributed by atoms with van der Waals surface area (Å²) in [5.74, 6) is 2.51. The fourth-order valence-electron chi connectivity index (χ4n) is 3.87. The third-order valence-corrected chi connectivity index (χ3v) is 4.92. The number of carbonyl (C=O) groups is 1. The van der Waals surface area contributed by atoms with Crippen molar-refractivity contribution in [3.05, 3.63) is 29.8 Å². The summed E-state index contributed by atoms with van der Waals surface area (Å²) in [5.41, 5.74) is 0.266. The Labute approximate surface area is 125 Å². The third kappa shape index (κ3) is 3.56. The summed E-state index contributed by atoms with van der Waals surface area (Å²) in [6.07, 6.45) is 5.73. The monoisotopic (exact) mass is 289 g/mol. The Hall–Kier alpha value is -1.55. The van der Waals surface area contributed by atoms with Crippen molar-refractivity contribution in [2.75, 3.05) is 19.7 Å². The average Bonchev–Trinajstić information content (AvgIpc) is 3.10. The molecule has 2 aliphatic rings. The van der Waals surface area contributed by atoms with Crippen molar-refractivity contribution in [3.8, 4) is 5.75 Å². The van der Waals surface area contributed by atoms with Gasteiger partial charge >= 0.3 is 5.97 Å². The number of aromatic carboxylic acids is 1. The van der Waals surface area contributed by atoms with Gasteiger partial charge in [-0.15, -0.1) is 0 Å². The summed E-state index contributed by atoms with van der Waals surface area (Å²) in [7, 11) is 0. The van der Waals surface area contributed by atoms with Gasteiger partial charge in [-0.2, -0.15) is 0 Å². The van der Waals surface area contributed by atoms with Crippen LogP contribution in [0.4, 0.5) is 0 Å². The number of ether oxygens (including phenoxy) is 1. The van der Waals surface area contributed by atoms with Gasteiger partial charge in [0.2, 0.25) is 0 Å². The maximum Gasteiger partial charge on any atom is 0.335 e. The maximum atomic E-state index is 10.9. The van der Waals surface area contributed by atoms with Crippen LogP contribution in [0.25, 0.3) is 0 Å². The van der Waals surface area contributed by atoms with Gasteiger partial charge in [-0.1, -0.05) is 12.5 Å². The molecule has 0 saturated heterocycles. The highest BCUT2D eigenvalue weighted by atomic mass is 16.5. The maximum absolute atomic E-state index is 10.9. The van der Waals surface area contributed by atoms with Crippen molar-refractivity contribution in [3.63, 3.8) is 0 Å². The molecule has 0 amide bonds. The minimum Gasteiger partial charge on any atom is -0.492 e. The number of benzene rings is 1. The van der Waals surface area contributed by atoms with Crippen LogP contribution < -0.4 is 10.1 Å². The molecule has 3 rings (SSSR count). The Morgan fingerprint density at radius 1 is 1.33 bits per heavy atom. The SMILES string of the molecule is O=C(O)c1cccc(OCCNCC2CC3CCC2C3)c1. The molecule has 4 nitrogen and oxygen atoms in total. The second kappa shape index (κ2) is 6.48. The van der Waals surface area contributed by atoms with Crippen molar-refractivity contribution in [2.24, 2.45) is 17.8 Å². The molecule has 2 aliphatic carbocycles. The summed E-state index contributed by atoms with van der Waals surface area (Å²) in [5, 5.41) is 12.4. The topological polar surface area (TPSA) is 58.6 Å². The molecule has 3 unspecified atom stereocenters. The summed E-state index contributed by atoms with van der Waals surface area (Å²) in [4.78, 5) is 10.9. The van der Waals surface area contributed by atoms with Gasteiger partial charge in [0.1, 0.15) is 12.4 Å². The standard InChI is InChI=1S/C17H23NO3/c19-17(20)14-2-1-3-16(10-14)21-7-6-18-11-15-9-12-4-5-13(15)8-12/h1-3,10,12-13,15,18H,4-9,11H2,(H,19,20). The highest BCUT2D eigenvalue weighted by molar-refractivity contribution is 5.87. The predicted octanol–water partition coefficient (Wildman–Crippen LogP) is 2.79. The van der Waals surface area contributed by atoms with E-state index in [9.17, 15) is 4.79 Å². The van der Waals surface area contributed by atoms with Gasteiger partial charge in [0, 0.05) is 6.54 Å². The van der Waals surface area contributed by atoms with Crippen LogP contribution >= 0.6 is 0 Å². The zero-order valence-corrected chi connectivity index (χ0v) is 12.3. The lowest BCUT2D eigenvalue weighted by molar-refractivity contribution is 0.0696. The molecule has 2 N–H and O–H groups in total. The molecule has 0 aliphatic heterocycles. The summed E-state index contributed by atoms with van der Waals surface area (Å²) in [6, 6.07) is 6.64. The van der Waals surface area contributed by atoms with Crippen LogP contribution in [0.1, 0.15) is 36.0 Å². The van der Waals surface area contributed by atoms with Gasteiger partial charge in [0.15, 0.2) is 0 Å². The van der Waals surface area contributed by atoms with Crippen molar-refractivity contribution in [2.45, 2.75) is 25.7 Å². The van der Waals surface area contributed by atoms with Crippen LogP contribution in [0.2, 0.25) is 0 Å². The van der Waals surface area contributed by atoms with Crippen LogP contribution in [-0.4, -0.2) is 30.8 Å². The van der Waals surface area contributed by atoms with Crippen LogP contribution in [0.15, 0.2) is 24.3 Å². The molecular weight excluding hydrogens is 266 g/mol. The Morgan fingerprint density at radius 2 is 2.24 bits per heavy atom. The van der Waals surface area contributed by atoms with E-state index >= 15 is 0 Å². The number of hydrogen-bond donors (Lipinski definition) is 2. The molecule has 0 heterocycles. The van der Waals surface area contributed by atoms with E-state index in [0.29, 0.717) is 12.4 Å². The van der Waals surface area contributed by atoms with Crippen molar-refractivity contribution >= 4 is 5.97 Å². The second-order valence-electron chi connectivity index (χ2n) is 6.32. The quantitative estimate of drug-likeness (QED) is 0.758. The molecular formula is C17H23NO3. The summed E-state index contributed by atoms with van der Waals surface area (Å²) in [6.45, 7) is 2.48. The Bertz CT molecular complexity index is 503. The number of fused-ring (bicyclic) bond motifs is 2. The minimum absolute atomic E-state index is 0.266. The molecule has 3 atom stereocenters. The van der Waals surface area contributed by atoms with E-state index in [0.717, 1.165) is 30.8 Å². The zero-order chi connectivity index (χ0) is 14.7. The van der Waals surface area contributed by atoms with E-state index < -0.39 is 5.97 Å². The Morgan fingerprint density at radius 3 is 2.95 bits per heavy atom. The van der Waals surface area contributed by atoms with Crippen molar-refractivity contribution < 1.29 is 14.6 Å². The number of carboxylic acids is 1. The van der Waals surface area contributed by atoms with Crippen LogP contribution in [0.5, 0.6) is 5.75 Å². The normalized spacial score (nSPS) is 27.0. The molecule has 1 aromatic rings. The van der Waals surface area contributed by atoms with Gasteiger partial charge in [-0.25, -0.2) is 4.79 Å². The lowest BCUT2D eigenvalue weighted by Crippen LogP contribution is -2.29. The Kier molecular flexibility index (Phi) is 4.44. The first-order chi connectivity index (χ1) is 10.2. The molecule has 0 spiro atoms. The third-order valence-electron chi connectivity index (χ3n) is 4.92. The fourth-order valence-corrected chi connectivity index (χ4v) is 3.87. The molecule has 114 valence electrons. The lowest BCUT2D eigenvalue weighted by atomic mass is 9.89. The van der Waals surface area contributed by atoms with Gasteiger partial charge in [0.05, 0.1) is 5.56 Å². The van der Waals surface area contributed by atoms with E-state index in [1.165, 1.54) is 25.7 Å². The largest absolute Gasteiger partial charge is 0.492 e. The first kappa shape index (κ1) is 14.4. The molecule has 2 fully saturated rings. The van der Waals surface area contributed by atoms with E-state index in [-0.39, 0.29) is 5.56 Å². The van der Waals surface area contributed by atoms with Crippen molar-refractivity contribution in [1.82, 2.24) is 5.32 Å². The first-order valence-electron chi connectivity index (χ1n) is 7.89. The Balaban J connectivity index is 1.35. The minimum atomic E-state index is -0.921. The average molecular weight is 289 g/mol. The van der Waals surface area contributed by atoms with E-state index in [2.05, 4.69) is 5.32 Å². The number of rotatable bonds is 7. The van der Waals surface area contributed by atoms with Crippen molar-refractivity contribution in [1.29, 1.82) is 0 Å². The van der Waals surface area contributed by atoms with E-state index in [1.54, 1.807) is 24.3 Å². The van der Waals surface area contributed by atoms with Gasteiger partial charge in [0.25, 0.3) is 0 Å². The fraction of sp³-hybridized carbons (Fsp3) is 0.588. The highest BCUT2D eigenvalue weighted by Crippen LogP contribution is 2.47. The lowest BCUT2D eigenvalue weighted by Gasteiger charge is -2.21. The predicted molar refractivity (Wildman–Crippen MR) is 80.7 cm³/mol.